The molecule has 2 aliphatic heterocycles. The maximum absolute atomic E-state index is 12.3. The summed E-state index contributed by atoms with van der Waals surface area (Å²) < 4.78 is 5.48. The first kappa shape index (κ1) is 15.0. The van der Waals surface area contributed by atoms with E-state index in [0.717, 1.165) is 56.7 Å². The van der Waals surface area contributed by atoms with Gasteiger partial charge in [0.15, 0.2) is 0 Å². The van der Waals surface area contributed by atoms with Crippen molar-refractivity contribution in [1.29, 1.82) is 5.26 Å². The lowest BCUT2D eigenvalue weighted by Crippen LogP contribution is -2.51. The number of carbonyl (C=O) groups excluding carboxylic acids is 1. The van der Waals surface area contributed by atoms with Crippen LogP contribution in [0.15, 0.2) is 24.3 Å². The number of hydrogen-bond acceptors (Lipinski definition) is 4. The van der Waals surface area contributed by atoms with E-state index in [1.807, 2.05) is 29.2 Å². The molecule has 0 unspecified atom stereocenters. The number of nitrogens with zero attached hydrogens (tertiary/aromatic N) is 3. The number of benzene rings is 1. The van der Waals surface area contributed by atoms with E-state index in [9.17, 15) is 4.79 Å². The van der Waals surface area contributed by atoms with Gasteiger partial charge < -0.3 is 9.64 Å². The molecule has 3 rings (SSSR count). The molecule has 0 aromatic heterocycles. The zero-order valence-corrected chi connectivity index (χ0v) is 12.7. The summed E-state index contributed by atoms with van der Waals surface area (Å²) in [6, 6.07) is 9.95. The van der Waals surface area contributed by atoms with Gasteiger partial charge >= 0.3 is 0 Å². The highest BCUT2D eigenvalue weighted by Gasteiger charge is 2.30. The van der Waals surface area contributed by atoms with Crippen LogP contribution in [0.3, 0.4) is 0 Å². The van der Waals surface area contributed by atoms with Crippen molar-refractivity contribution in [2.75, 3.05) is 32.8 Å². The molecule has 0 aliphatic carbocycles. The van der Waals surface area contributed by atoms with E-state index < -0.39 is 0 Å². The quantitative estimate of drug-likeness (QED) is 0.846. The normalized spacial score (nSPS) is 22.5. The monoisotopic (exact) mass is 299 g/mol. The van der Waals surface area contributed by atoms with Crippen molar-refractivity contribution in [3.63, 3.8) is 0 Å². The minimum Gasteiger partial charge on any atom is -0.368 e. The topological polar surface area (TPSA) is 56.6 Å². The summed E-state index contributed by atoms with van der Waals surface area (Å²) in [7, 11) is 0. The summed E-state index contributed by atoms with van der Waals surface area (Å²) in [5.41, 5.74) is 1.80. The third-order valence-electron chi connectivity index (χ3n) is 4.42. The van der Waals surface area contributed by atoms with Crippen LogP contribution in [-0.4, -0.2) is 54.6 Å². The van der Waals surface area contributed by atoms with Crippen LogP contribution in [0, 0.1) is 11.3 Å². The predicted molar refractivity (Wildman–Crippen MR) is 82.0 cm³/mol. The molecule has 2 heterocycles. The average Bonchev–Trinajstić information content (AvgIpc) is 3.10. The predicted octanol–water partition coefficient (Wildman–Crippen LogP) is 1.38. The Kier molecular flexibility index (Phi) is 4.71. The molecule has 5 heteroatoms. The van der Waals surface area contributed by atoms with Gasteiger partial charge in [0.05, 0.1) is 11.6 Å². The van der Waals surface area contributed by atoms with Crippen molar-refractivity contribution < 1.29 is 9.53 Å². The van der Waals surface area contributed by atoms with E-state index in [4.69, 9.17) is 10.00 Å². The molecular formula is C17H21N3O2. The number of ether oxygens (including phenoxy) is 1. The second-order valence-corrected chi connectivity index (χ2v) is 5.87. The number of amides is 1. The van der Waals surface area contributed by atoms with Crippen LogP contribution in [-0.2, 0) is 16.1 Å². The second kappa shape index (κ2) is 6.91. The second-order valence-electron chi connectivity index (χ2n) is 5.87. The molecular weight excluding hydrogens is 278 g/mol. The fourth-order valence-electron chi connectivity index (χ4n) is 3.11. The summed E-state index contributed by atoms with van der Waals surface area (Å²) >= 11 is 0. The van der Waals surface area contributed by atoms with Gasteiger partial charge in [-0.15, -0.1) is 0 Å². The first-order chi connectivity index (χ1) is 10.8. The van der Waals surface area contributed by atoms with Crippen molar-refractivity contribution in [3.8, 4) is 6.07 Å². The molecule has 0 radical (unpaired) electrons. The number of hydrogen-bond donors (Lipinski definition) is 0. The molecule has 2 fully saturated rings. The Morgan fingerprint density at radius 3 is 2.73 bits per heavy atom. The largest absolute Gasteiger partial charge is 0.368 e. The van der Waals surface area contributed by atoms with Crippen LogP contribution in [0.2, 0.25) is 0 Å². The molecule has 1 aromatic carbocycles. The van der Waals surface area contributed by atoms with Crippen LogP contribution < -0.4 is 0 Å². The van der Waals surface area contributed by atoms with Gasteiger partial charge in [-0.05, 0) is 24.5 Å². The van der Waals surface area contributed by atoms with Crippen LogP contribution in [0.1, 0.15) is 24.0 Å². The number of nitriles is 1. The van der Waals surface area contributed by atoms with Gasteiger partial charge in [-0.1, -0.05) is 18.2 Å². The molecule has 5 nitrogen and oxygen atoms in total. The lowest BCUT2D eigenvalue weighted by Gasteiger charge is -2.35. The zero-order valence-electron chi connectivity index (χ0n) is 12.7. The summed E-state index contributed by atoms with van der Waals surface area (Å²) in [4.78, 5) is 16.5. The maximum Gasteiger partial charge on any atom is 0.251 e. The Morgan fingerprint density at radius 2 is 2.05 bits per heavy atom. The van der Waals surface area contributed by atoms with Gasteiger partial charge in [-0.2, -0.15) is 5.26 Å². The summed E-state index contributed by atoms with van der Waals surface area (Å²) in [5.74, 6) is 0.148. The van der Waals surface area contributed by atoms with Crippen molar-refractivity contribution >= 4 is 5.91 Å². The highest BCUT2D eigenvalue weighted by molar-refractivity contribution is 5.81. The van der Waals surface area contributed by atoms with Gasteiger partial charge in [0.2, 0.25) is 0 Å². The average molecular weight is 299 g/mol. The Morgan fingerprint density at radius 1 is 1.27 bits per heavy atom. The Balaban J connectivity index is 1.53. The molecule has 0 saturated carbocycles. The van der Waals surface area contributed by atoms with Gasteiger partial charge in [-0.25, -0.2) is 0 Å². The molecule has 0 N–H and O–H groups in total. The fraction of sp³-hybridized carbons (Fsp3) is 0.529. The minimum atomic E-state index is -0.217. The summed E-state index contributed by atoms with van der Waals surface area (Å²) in [5, 5.41) is 9.15. The van der Waals surface area contributed by atoms with E-state index in [1.54, 1.807) is 0 Å². The highest BCUT2D eigenvalue weighted by atomic mass is 16.5. The Labute approximate surface area is 131 Å². The lowest BCUT2D eigenvalue weighted by molar-refractivity contribution is -0.142. The zero-order chi connectivity index (χ0) is 15.4. The van der Waals surface area contributed by atoms with E-state index in [0.29, 0.717) is 6.61 Å². The van der Waals surface area contributed by atoms with Crippen LogP contribution in [0.4, 0.5) is 0 Å². The van der Waals surface area contributed by atoms with Gasteiger partial charge in [-0.3, -0.25) is 9.69 Å². The lowest BCUT2D eigenvalue weighted by atomic mass is 10.1. The van der Waals surface area contributed by atoms with Crippen molar-refractivity contribution in [2.45, 2.75) is 25.5 Å². The van der Waals surface area contributed by atoms with Crippen LogP contribution in [0.25, 0.3) is 0 Å². The molecule has 1 amide bonds. The molecule has 116 valence electrons. The molecule has 2 aliphatic rings. The Bertz CT molecular complexity index is 568. The molecule has 2 saturated heterocycles. The van der Waals surface area contributed by atoms with Crippen LogP contribution >= 0.6 is 0 Å². The van der Waals surface area contributed by atoms with E-state index >= 15 is 0 Å². The third-order valence-corrected chi connectivity index (χ3v) is 4.42. The highest BCUT2D eigenvalue weighted by Crippen LogP contribution is 2.17. The summed E-state index contributed by atoms with van der Waals surface area (Å²) in [6.07, 6.45) is 1.63. The number of piperazine rings is 1. The van der Waals surface area contributed by atoms with Gasteiger partial charge in [0.1, 0.15) is 6.10 Å². The summed E-state index contributed by atoms with van der Waals surface area (Å²) in [6.45, 7) is 4.66. The molecule has 1 aromatic rings. The SMILES string of the molecule is N#Cc1ccccc1CN1CCN(C(=O)[C@@H]2CCCO2)CC1. The van der Waals surface area contributed by atoms with E-state index in [-0.39, 0.29) is 12.0 Å². The standard InChI is InChI=1S/C17H21N3O2/c18-12-14-4-1-2-5-15(14)13-19-7-9-20(10-8-19)17(21)16-6-3-11-22-16/h1-2,4-5,16H,3,6-11,13H2/t16-/m0/s1. The molecule has 1 atom stereocenters. The maximum atomic E-state index is 12.3. The van der Waals surface area contributed by atoms with Crippen molar-refractivity contribution in [3.05, 3.63) is 35.4 Å². The van der Waals surface area contributed by atoms with E-state index in [1.165, 1.54) is 0 Å². The van der Waals surface area contributed by atoms with Gasteiger partial charge in [0, 0.05) is 39.3 Å². The van der Waals surface area contributed by atoms with E-state index in [2.05, 4.69) is 11.0 Å². The van der Waals surface area contributed by atoms with Crippen molar-refractivity contribution in [1.82, 2.24) is 9.80 Å². The minimum absolute atomic E-state index is 0.148. The Hall–Kier alpha value is -1.90. The number of carbonyl (C=O) groups is 1. The third kappa shape index (κ3) is 3.29. The smallest absolute Gasteiger partial charge is 0.251 e. The number of rotatable bonds is 3. The first-order valence-corrected chi connectivity index (χ1v) is 7.88. The molecule has 22 heavy (non-hydrogen) atoms. The van der Waals surface area contributed by atoms with Crippen LogP contribution in [0.5, 0.6) is 0 Å². The molecule has 0 bridgehead atoms. The fourth-order valence-corrected chi connectivity index (χ4v) is 3.11. The molecule has 0 spiro atoms. The van der Waals surface area contributed by atoms with Crippen molar-refractivity contribution in [2.24, 2.45) is 0 Å². The first-order valence-electron chi connectivity index (χ1n) is 7.88. The van der Waals surface area contributed by atoms with Gasteiger partial charge in [0.25, 0.3) is 5.91 Å².